The maximum absolute atomic E-state index is 12.8. The van der Waals surface area contributed by atoms with Crippen LogP contribution in [0.4, 0.5) is 0 Å². The summed E-state index contributed by atoms with van der Waals surface area (Å²) in [6.07, 6.45) is 5.98. The summed E-state index contributed by atoms with van der Waals surface area (Å²) < 4.78 is 10.9. The number of hydrogen-bond donors (Lipinski definition) is 2. The van der Waals surface area contributed by atoms with Crippen molar-refractivity contribution >= 4 is 12.0 Å². The third kappa shape index (κ3) is 4.97. The van der Waals surface area contributed by atoms with Crippen LogP contribution >= 0.6 is 0 Å². The highest BCUT2D eigenvalue weighted by molar-refractivity contribution is 5.83. The van der Waals surface area contributed by atoms with Gasteiger partial charge in [-0.15, -0.1) is 0 Å². The van der Waals surface area contributed by atoms with Crippen molar-refractivity contribution in [2.24, 2.45) is 0 Å². The zero-order valence-corrected chi connectivity index (χ0v) is 20.2. The standard InChI is InChI=1S/C27H34N2O5/c1-28(15-21-11-20-12-25(33-2)26(34-3)14-24(20)21)6-4-7-29-8-5-18-9-22(16-30)23(17-31)10-19(18)13-27(29)32/h5,8-10,12,14,21,30-31H,4,6-7,11,13,15-17H2,1-3H3/t21-/m1/s1. The van der Waals surface area contributed by atoms with E-state index in [1.807, 2.05) is 24.4 Å². The van der Waals surface area contributed by atoms with Gasteiger partial charge in [-0.05, 0) is 84.1 Å². The number of methoxy groups -OCH3 is 2. The lowest BCUT2D eigenvalue weighted by Gasteiger charge is -2.34. The van der Waals surface area contributed by atoms with E-state index in [1.165, 1.54) is 11.1 Å². The zero-order chi connectivity index (χ0) is 24.2. The number of nitrogens with zero attached hydrogens (tertiary/aromatic N) is 2. The van der Waals surface area contributed by atoms with Crippen LogP contribution in [0.5, 0.6) is 11.5 Å². The number of likely N-dealkylation sites (N-methyl/N-ethyl adjacent to an activating group) is 1. The fourth-order valence-electron chi connectivity index (χ4n) is 4.96. The average molecular weight is 467 g/mol. The predicted octanol–water partition coefficient (Wildman–Crippen LogP) is 2.71. The number of amides is 1. The van der Waals surface area contributed by atoms with Crippen LogP contribution in [-0.2, 0) is 30.8 Å². The second-order valence-corrected chi connectivity index (χ2v) is 9.14. The Morgan fingerprint density at radius 2 is 1.74 bits per heavy atom. The second kappa shape index (κ2) is 10.6. The Morgan fingerprint density at radius 1 is 1.03 bits per heavy atom. The minimum Gasteiger partial charge on any atom is -0.493 e. The Bertz CT molecular complexity index is 1080. The van der Waals surface area contributed by atoms with Crippen LogP contribution in [0.3, 0.4) is 0 Å². The van der Waals surface area contributed by atoms with E-state index in [0.29, 0.717) is 30.0 Å². The van der Waals surface area contributed by atoms with Crippen molar-refractivity contribution in [1.29, 1.82) is 0 Å². The van der Waals surface area contributed by atoms with Gasteiger partial charge >= 0.3 is 0 Å². The summed E-state index contributed by atoms with van der Waals surface area (Å²) in [5, 5.41) is 19.1. The number of aliphatic hydroxyl groups is 2. The first-order valence-corrected chi connectivity index (χ1v) is 11.7. The zero-order valence-electron chi connectivity index (χ0n) is 20.2. The van der Waals surface area contributed by atoms with Gasteiger partial charge in [-0.1, -0.05) is 6.07 Å². The van der Waals surface area contributed by atoms with Crippen LogP contribution in [-0.4, -0.2) is 66.8 Å². The maximum atomic E-state index is 12.8. The molecule has 2 N–H and O–H groups in total. The molecule has 0 spiro atoms. The van der Waals surface area contributed by atoms with Crippen LogP contribution in [0.25, 0.3) is 6.08 Å². The SMILES string of the molecule is COc1cc2c(cc1OC)[C@@H](CN(C)CCCN1C=Cc3cc(CO)c(CO)cc3CC1=O)C2. The normalized spacial score (nSPS) is 16.7. The first-order chi connectivity index (χ1) is 16.5. The molecule has 0 unspecified atom stereocenters. The highest BCUT2D eigenvalue weighted by Gasteiger charge is 2.29. The molecule has 1 heterocycles. The smallest absolute Gasteiger partial charge is 0.230 e. The van der Waals surface area contributed by atoms with Gasteiger partial charge in [0.1, 0.15) is 0 Å². The van der Waals surface area contributed by atoms with Gasteiger partial charge in [-0.3, -0.25) is 4.79 Å². The van der Waals surface area contributed by atoms with Crippen LogP contribution in [0.1, 0.15) is 45.7 Å². The number of fused-ring (bicyclic) bond motifs is 2. The molecule has 182 valence electrons. The number of aliphatic hydroxyl groups excluding tert-OH is 2. The average Bonchev–Trinajstić information content (AvgIpc) is 2.98. The largest absolute Gasteiger partial charge is 0.493 e. The van der Waals surface area contributed by atoms with Crippen LogP contribution in [0.15, 0.2) is 30.5 Å². The molecule has 0 aromatic heterocycles. The minimum atomic E-state index is -0.150. The molecule has 2 aromatic carbocycles. The third-order valence-corrected chi connectivity index (χ3v) is 6.92. The predicted molar refractivity (Wildman–Crippen MR) is 131 cm³/mol. The molecule has 1 aliphatic carbocycles. The molecule has 1 aliphatic heterocycles. The fourth-order valence-corrected chi connectivity index (χ4v) is 4.96. The highest BCUT2D eigenvalue weighted by Crippen LogP contribution is 2.42. The summed E-state index contributed by atoms with van der Waals surface area (Å²) in [6, 6.07) is 7.87. The topological polar surface area (TPSA) is 82.5 Å². The molecule has 7 nitrogen and oxygen atoms in total. The van der Waals surface area contributed by atoms with E-state index >= 15 is 0 Å². The molecule has 1 atom stereocenters. The lowest BCUT2D eigenvalue weighted by Crippen LogP contribution is -2.34. The fraction of sp³-hybridized carbons (Fsp3) is 0.444. The number of ether oxygens (including phenoxy) is 2. The first-order valence-electron chi connectivity index (χ1n) is 11.7. The molecule has 1 amide bonds. The molecule has 0 fully saturated rings. The number of carbonyl (C=O) groups is 1. The molecule has 0 saturated carbocycles. The van der Waals surface area contributed by atoms with Crippen molar-refractivity contribution in [1.82, 2.24) is 9.80 Å². The van der Waals surface area contributed by atoms with Gasteiger partial charge in [0.2, 0.25) is 5.91 Å². The number of benzene rings is 2. The third-order valence-electron chi connectivity index (χ3n) is 6.92. The Kier molecular flexibility index (Phi) is 7.56. The maximum Gasteiger partial charge on any atom is 0.230 e. The van der Waals surface area contributed by atoms with E-state index in [1.54, 1.807) is 19.1 Å². The summed E-state index contributed by atoms with van der Waals surface area (Å²) in [5.41, 5.74) is 5.83. The van der Waals surface area contributed by atoms with E-state index in [-0.39, 0.29) is 19.1 Å². The van der Waals surface area contributed by atoms with Crippen molar-refractivity contribution in [3.8, 4) is 11.5 Å². The monoisotopic (exact) mass is 466 g/mol. The van der Waals surface area contributed by atoms with Gasteiger partial charge in [-0.25, -0.2) is 0 Å². The molecule has 2 aromatic rings. The second-order valence-electron chi connectivity index (χ2n) is 9.14. The Labute approximate surface area is 201 Å². The van der Waals surface area contributed by atoms with Crippen molar-refractivity contribution in [3.05, 3.63) is 63.8 Å². The Balaban J connectivity index is 1.30. The number of rotatable bonds is 10. The summed E-state index contributed by atoms with van der Waals surface area (Å²) in [5.74, 6) is 2.09. The Hall–Kier alpha value is -2.87. The van der Waals surface area contributed by atoms with E-state index in [4.69, 9.17) is 9.47 Å². The number of carbonyl (C=O) groups excluding carboxylic acids is 1. The van der Waals surface area contributed by atoms with Crippen LogP contribution in [0, 0.1) is 0 Å². The molecule has 0 radical (unpaired) electrons. The van der Waals surface area contributed by atoms with Gasteiger partial charge in [-0.2, -0.15) is 0 Å². The van der Waals surface area contributed by atoms with Crippen molar-refractivity contribution < 1.29 is 24.5 Å². The van der Waals surface area contributed by atoms with Crippen molar-refractivity contribution in [2.45, 2.75) is 38.4 Å². The van der Waals surface area contributed by atoms with E-state index in [9.17, 15) is 15.0 Å². The molecular weight excluding hydrogens is 432 g/mol. The summed E-state index contributed by atoms with van der Waals surface area (Å²) in [7, 11) is 5.45. The van der Waals surface area contributed by atoms with Crippen LogP contribution in [0.2, 0.25) is 0 Å². The van der Waals surface area contributed by atoms with Gasteiger partial charge in [0.25, 0.3) is 0 Å². The summed E-state index contributed by atoms with van der Waals surface area (Å²) in [4.78, 5) is 16.9. The van der Waals surface area contributed by atoms with E-state index in [0.717, 1.165) is 48.6 Å². The quantitative estimate of drug-likeness (QED) is 0.560. The van der Waals surface area contributed by atoms with Crippen molar-refractivity contribution in [2.75, 3.05) is 40.9 Å². The van der Waals surface area contributed by atoms with Crippen LogP contribution < -0.4 is 9.47 Å². The van der Waals surface area contributed by atoms with Gasteiger partial charge in [0.05, 0.1) is 33.9 Å². The molecule has 7 heteroatoms. The van der Waals surface area contributed by atoms with E-state index in [2.05, 4.69) is 24.1 Å². The molecular formula is C27H34N2O5. The van der Waals surface area contributed by atoms with Crippen molar-refractivity contribution in [3.63, 3.8) is 0 Å². The molecule has 34 heavy (non-hydrogen) atoms. The summed E-state index contributed by atoms with van der Waals surface area (Å²) >= 11 is 0. The molecule has 4 rings (SSSR count). The Morgan fingerprint density at radius 3 is 2.44 bits per heavy atom. The first kappa shape index (κ1) is 24.3. The van der Waals surface area contributed by atoms with Gasteiger partial charge in [0.15, 0.2) is 11.5 Å². The molecule has 0 bridgehead atoms. The highest BCUT2D eigenvalue weighted by atomic mass is 16.5. The molecule has 2 aliphatic rings. The minimum absolute atomic E-state index is 0.0484. The van der Waals surface area contributed by atoms with E-state index < -0.39 is 0 Å². The van der Waals surface area contributed by atoms with Gasteiger partial charge in [0, 0.05) is 25.2 Å². The van der Waals surface area contributed by atoms with Gasteiger partial charge < -0.3 is 29.5 Å². The number of hydrogen-bond acceptors (Lipinski definition) is 6. The molecule has 0 saturated heterocycles. The summed E-state index contributed by atoms with van der Waals surface area (Å²) in [6.45, 7) is 2.23. The lowest BCUT2D eigenvalue weighted by molar-refractivity contribution is -0.127. The lowest BCUT2D eigenvalue weighted by atomic mass is 9.77.